The number of para-hydroxylation sites is 1. The molecule has 0 radical (unpaired) electrons. The first-order chi connectivity index (χ1) is 11.9. The molecule has 6 aromatic rings. The Bertz CT molecular complexity index is 1400. The zero-order valence-corrected chi connectivity index (χ0v) is 12.8. The van der Waals surface area contributed by atoms with Gasteiger partial charge in [0.1, 0.15) is 11.2 Å². The molecule has 6 rings (SSSR count). The Morgan fingerprint density at radius 2 is 1.29 bits per heavy atom. The molecule has 2 heterocycles. The van der Waals surface area contributed by atoms with Crippen LogP contribution in [0.15, 0.2) is 77.2 Å². The van der Waals surface area contributed by atoms with E-state index < -0.39 is 0 Å². The van der Waals surface area contributed by atoms with Crippen molar-refractivity contribution in [3.63, 3.8) is 0 Å². The lowest BCUT2D eigenvalue weighted by Crippen LogP contribution is -1.75. The van der Waals surface area contributed by atoms with E-state index in [1.165, 1.54) is 32.3 Å². The number of furan rings is 1. The monoisotopic (exact) mass is 307 g/mol. The number of benzene rings is 4. The minimum atomic E-state index is 0.943. The lowest BCUT2D eigenvalue weighted by Gasteiger charge is -2.00. The number of rotatable bonds is 0. The van der Waals surface area contributed by atoms with Crippen molar-refractivity contribution >= 4 is 54.5 Å². The molecule has 0 aliphatic heterocycles. The molecule has 0 spiro atoms. The molecule has 0 fully saturated rings. The van der Waals surface area contributed by atoms with Gasteiger partial charge in [0.2, 0.25) is 0 Å². The summed E-state index contributed by atoms with van der Waals surface area (Å²) in [5, 5.41) is 7.39. The Hall–Kier alpha value is -3.26. The molecular formula is C22H13NO. The van der Waals surface area contributed by atoms with Gasteiger partial charge in [-0.15, -0.1) is 0 Å². The molecule has 0 aliphatic carbocycles. The van der Waals surface area contributed by atoms with Gasteiger partial charge in [-0.05, 0) is 35.0 Å². The van der Waals surface area contributed by atoms with Crippen LogP contribution in [0.3, 0.4) is 0 Å². The molecule has 1 N–H and O–H groups in total. The van der Waals surface area contributed by atoms with Crippen molar-refractivity contribution in [1.82, 2.24) is 4.98 Å². The maximum atomic E-state index is 6.17. The Balaban J connectivity index is 2.01. The van der Waals surface area contributed by atoms with Gasteiger partial charge in [0.15, 0.2) is 0 Å². The van der Waals surface area contributed by atoms with Crippen LogP contribution in [-0.4, -0.2) is 4.98 Å². The van der Waals surface area contributed by atoms with Crippen molar-refractivity contribution in [3.8, 4) is 0 Å². The molecule has 2 aromatic heterocycles. The molecule has 0 unspecified atom stereocenters. The lowest BCUT2D eigenvalue weighted by atomic mass is 10.0. The van der Waals surface area contributed by atoms with Crippen LogP contribution in [0.4, 0.5) is 0 Å². The fraction of sp³-hybridized carbons (Fsp3) is 0. The third-order valence-electron chi connectivity index (χ3n) is 4.99. The Kier molecular flexibility index (Phi) is 2.12. The first-order valence-electron chi connectivity index (χ1n) is 8.13. The summed E-state index contributed by atoms with van der Waals surface area (Å²) in [7, 11) is 0. The Morgan fingerprint density at radius 3 is 2.25 bits per heavy atom. The first kappa shape index (κ1) is 12.2. The minimum Gasteiger partial charge on any atom is -0.456 e. The highest BCUT2D eigenvalue weighted by molar-refractivity contribution is 6.31. The third kappa shape index (κ3) is 1.41. The van der Waals surface area contributed by atoms with Crippen molar-refractivity contribution in [2.45, 2.75) is 0 Å². The number of aromatic amines is 1. The van der Waals surface area contributed by atoms with Gasteiger partial charge in [0.25, 0.3) is 0 Å². The van der Waals surface area contributed by atoms with Crippen LogP contribution in [0, 0.1) is 0 Å². The lowest BCUT2D eigenvalue weighted by molar-refractivity contribution is 0.669. The van der Waals surface area contributed by atoms with Gasteiger partial charge < -0.3 is 9.40 Å². The van der Waals surface area contributed by atoms with E-state index in [1.807, 2.05) is 0 Å². The van der Waals surface area contributed by atoms with E-state index in [9.17, 15) is 0 Å². The topological polar surface area (TPSA) is 28.9 Å². The number of fused-ring (bicyclic) bond motifs is 9. The average molecular weight is 307 g/mol. The van der Waals surface area contributed by atoms with E-state index in [1.54, 1.807) is 0 Å². The normalized spacial score (nSPS) is 12.2. The van der Waals surface area contributed by atoms with Crippen molar-refractivity contribution in [2.24, 2.45) is 0 Å². The van der Waals surface area contributed by atoms with Crippen LogP contribution in [0.2, 0.25) is 0 Å². The summed E-state index contributed by atoms with van der Waals surface area (Å²) in [5.74, 6) is 0. The minimum absolute atomic E-state index is 0.943. The number of hydrogen-bond acceptors (Lipinski definition) is 1. The molecule has 0 amide bonds. The number of nitrogens with one attached hydrogen (secondary N) is 1. The molecule has 112 valence electrons. The van der Waals surface area contributed by atoms with Crippen molar-refractivity contribution in [3.05, 3.63) is 72.8 Å². The summed E-state index contributed by atoms with van der Waals surface area (Å²) in [5.41, 5.74) is 4.20. The van der Waals surface area contributed by atoms with Crippen LogP contribution in [0.5, 0.6) is 0 Å². The SMILES string of the molecule is c1ccc2c(c1)ccc1oc3ccc4[nH]c5ccccc5c4c3c12. The second-order valence-electron chi connectivity index (χ2n) is 6.29. The molecule has 0 atom stereocenters. The van der Waals surface area contributed by atoms with Crippen LogP contribution in [0.25, 0.3) is 54.5 Å². The summed E-state index contributed by atoms with van der Waals surface area (Å²) in [6, 6.07) is 25.4. The molecule has 0 saturated heterocycles. The summed E-state index contributed by atoms with van der Waals surface area (Å²) in [6.07, 6.45) is 0. The van der Waals surface area contributed by atoms with Gasteiger partial charge in [-0.2, -0.15) is 0 Å². The van der Waals surface area contributed by atoms with Gasteiger partial charge in [0.05, 0.1) is 0 Å². The zero-order chi connectivity index (χ0) is 15.7. The molecular weight excluding hydrogens is 294 g/mol. The highest BCUT2D eigenvalue weighted by Gasteiger charge is 2.16. The second-order valence-corrected chi connectivity index (χ2v) is 6.29. The summed E-state index contributed by atoms with van der Waals surface area (Å²) >= 11 is 0. The quantitative estimate of drug-likeness (QED) is 0.347. The van der Waals surface area contributed by atoms with Gasteiger partial charge >= 0.3 is 0 Å². The van der Waals surface area contributed by atoms with Crippen LogP contribution < -0.4 is 0 Å². The molecule has 4 aromatic carbocycles. The predicted molar refractivity (Wildman–Crippen MR) is 101 cm³/mol. The molecule has 2 nitrogen and oxygen atoms in total. The second kappa shape index (κ2) is 4.18. The molecule has 2 heteroatoms. The molecule has 24 heavy (non-hydrogen) atoms. The van der Waals surface area contributed by atoms with E-state index in [0.717, 1.165) is 22.2 Å². The van der Waals surface area contributed by atoms with Gasteiger partial charge in [-0.25, -0.2) is 0 Å². The van der Waals surface area contributed by atoms with E-state index in [-0.39, 0.29) is 0 Å². The predicted octanol–water partition coefficient (Wildman–Crippen LogP) is 6.37. The number of hydrogen-bond donors (Lipinski definition) is 1. The zero-order valence-electron chi connectivity index (χ0n) is 12.8. The largest absolute Gasteiger partial charge is 0.456 e. The van der Waals surface area contributed by atoms with Crippen molar-refractivity contribution in [1.29, 1.82) is 0 Å². The van der Waals surface area contributed by atoms with Crippen molar-refractivity contribution < 1.29 is 4.42 Å². The summed E-state index contributed by atoms with van der Waals surface area (Å²) < 4.78 is 6.17. The van der Waals surface area contributed by atoms with Crippen molar-refractivity contribution in [2.75, 3.05) is 0 Å². The average Bonchev–Trinajstić information content (AvgIpc) is 3.19. The fourth-order valence-corrected chi connectivity index (χ4v) is 3.97. The van der Waals surface area contributed by atoms with Crippen LogP contribution in [0.1, 0.15) is 0 Å². The Labute approximate surface area is 137 Å². The highest BCUT2D eigenvalue weighted by atomic mass is 16.3. The highest BCUT2D eigenvalue weighted by Crippen LogP contribution is 2.40. The number of aromatic nitrogens is 1. The first-order valence-corrected chi connectivity index (χ1v) is 8.13. The molecule has 0 saturated carbocycles. The summed E-state index contributed by atoms with van der Waals surface area (Å²) in [4.78, 5) is 3.53. The van der Waals surface area contributed by atoms with Crippen LogP contribution >= 0.6 is 0 Å². The van der Waals surface area contributed by atoms with E-state index in [2.05, 4.69) is 77.8 Å². The smallest absolute Gasteiger partial charge is 0.136 e. The standard InChI is InChI=1S/C22H13NO/c1-2-6-14-13(5-1)9-11-18-21(14)22-19(24-18)12-10-17-20(22)15-7-3-4-8-16(15)23-17/h1-12,23H. The Morgan fingerprint density at radius 1 is 0.542 bits per heavy atom. The van der Waals surface area contributed by atoms with Gasteiger partial charge in [-0.1, -0.05) is 48.5 Å². The van der Waals surface area contributed by atoms with E-state index in [4.69, 9.17) is 4.42 Å². The fourth-order valence-electron chi connectivity index (χ4n) is 3.97. The molecule has 0 bridgehead atoms. The van der Waals surface area contributed by atoms with E-state index >= 15 is 0 Å². The summed E-state index contributed by atoms with van der Waals surface area (Å²) in [6.45, 7) is 0. The number of H-pyrrole nitrogens is 1. The van der Waals surface area contributed by atoms with Gasteiger partial charge in [-0.3, -0.25) is 0 Å². The third-order valence-corrected chi connectivity index (χ3v) is 4.99. The van der Waals surface area contributed by atoms with E-state index in [0.29, 0.717) is 0 Å². The maximum Gasteiger partial charge on any atom is 0.136 e. The maximum absolute atomic E-state index is 6.17. The molecule has 0 aliphatic rings. The van der Waals surface area contributed by atoms with Gasteiger partial charge in [0, 0.05) is 32.6 Å². The van der Waals surface area contributed by atoms with Crippen LogP contribution in [-0.2, 0) is 0 Å².